The molecule has 2 N–H and O–H groups in total. The number of halogens is 2. The number of rotatable bonds is 3. The van der Waals surface area contributed by atoms with Gasteiger partial charge in [-0.1, -0.05) is 0 Å². The van der Waals surface area contributed by atoms with E-state index in [9.17, 15) is 8.78 Å². The van der Waals surface area contributed by atoms with Crippen LogP contribution in [0.15, 0.2) is 23.2 Å². The summed E-state index contributed by atoms with van der Waals surface area (Å²) < 4.78 is 32.8. The highest BCUT2D eigenvalue weighted by molar-refractivity contribution is 7.16. The summed E-state index contributed by atoms with van der Waals surface area (Å²) in [5, 5.41) is 7.65. The van der Waals surface area contributed by atoms with Crippen LogP contribution < -0.4 is 10.6 Å². The molecule has 0 spiro atoms. The van der Waals surface area contributed by atoms with Gasteiger partial charge in [0.05, 0.1) is 16.9 Å². The zero-order valence-corrected chi connectivity index (χ0v) is 16.1. The molecule has 1 fully saturated rings. The lowest BCUT2D eigenvalue weighted by molar-refractivity contribution is 0.168. The molecule has 0 amide bonds. The van der Waals surface area contributed by atoms with Gasteiger partial charge < -0.3 is 20.3 Å². The normalized spacial score (nSPS) is 19.0. The van der Waals surface area contributed by atoms with Crippen molar-refractivity contribution in [2.75, 3.05) is 38.7 Å². The second kappa shape index (κ2) is 7.53. The minimum absolute atomic E-state index is 0.296. The maximum absolute atomic E-state index is 13.8. The smallest absolute Gasteiger partial charge is 0.161 e. The molecule has 0 bridgehead atoms. The van der Waals surface area contributed by atoms with Crippen molar-refractivity contribution < 1.29 is 13.5 Å². The number of benzene rings is 1. The predicted octanol–water partition coefficient (Wildman–Crippen LogP) is 3.78. The first-order chi connectivity index (χ1) is 13.0. The Morgan fingerprint density at radius 3 is 2.93 bits per heavy atom. The summed E-state index contributed by atoms with van der Waals surface area (Å²) in [5.74, 6) is -0.967. The summed E-state index contributed by atoms with van der Waals surface area (Å²) in [5.41, 5.74) is 1.87. The molecule has 0 radical (unpaired) electrons. The number of methoxy groups -OCH3 is 1. The van der Waals surface area contributed by atoms with E-state index in [2.05, 4.69) is 21.6 Å². The molecule has 4 rings (SSSR count). The minimum Gasteiger partial charge on any atom is -0.385 e. The highest BCUT2D eigenvalue weighted by Crippen LogP contribution is 2.40. The molecule has 0 unspecified atom stereocenters. The molecule has 8 heteroatoms. The molecule has 27 heavy (non-hydrogen) atoms. The lowest BCUT2D eigenvalue weighted by Crippen LogP contribution is -2.53. The van der Waals surface area contributed by atoms with E-state index in [1.54, 1.807) is 18.4 Å². The Morgan fingerprint density at radius 2 is 2.11 bits per heavy atom. The van der Waals surface area contributed by atoms with Crippen LogP contribution in [0, 0.1) is 18.6 Å². The van der Waals surface area contributed by atoms with Gasteiger partial charge in [-0.3, -0.25) is 0 Å². The number of nitrogens with zero attached hydrogens (tertiary/aromatic N) is 2. The fourth-order valence-corrected chi connectivity index (χ4v) is 4.43. The van der Waals surface area contributed by atoms with Gasteiger partial charge in [0.1, 0.15) is 10.8 Å². The number of nitrogens with one attached hydrogen (secondary N) is 2. The van der Waals surface area contributed by atoms with Gasteiger partial charge in [-0.25, -0.2) is 13.8 Å². The molecule has 1 aromatic carbocycles. The quantitative estimate of drug-likeness (QED) is 0.835. The van der Waals surface area contributed by atoms with E-state index in [4.69, 9.17) is 9.73 Å². The van der Waals surface area contributed by atoms with Crippen molar-refractivity contribution in [3.8, 4) is 0 Å². The van der Waals surface area contributed by atoms with Crippen LogP contribution in [-0.4, -0.2) is 50.1 Å². The zero-order chi connectivity index (χ0) is 19.0. The maximum Gasteiger partial charge on any atom is 0.161 e. The topological polar surface area (TPSA) is 48.9 Å². The number of aryl methyl sites for hydroxylation is 1. The number of aliphatic imine (C=N–C) groups is 1. The Morgan fingerprint density at radius 1 is 1.30 bits per heavy atom. The Labute approximate surface area is 161 Å². The lowest BCUT2D eigenvalue weighted by Gasteiger charge is -2.35. The summed E-state index contributed by atoms with van der Waals surface area (Å²) in [6.45, 7) is 5.15. The van der Waals surface area contributed by atoms with Gasteiger partial charge in [0.2, 0.25) is 0 Å². The van der Waals surface area contributed by atoms with Crippen LogP contribution in [0.4, 0.5) is 25.2 Å². The van der Waals surface area contributed by atoms with Gasteiger partial charge in [-0.05, 0) is 19.4 Å². The highest BCUT2D eigenvalue weighted by atomic mass is 32.1. The molecule has 0 saturated carbocycles. The maximum atomic E-state index is 13.8. The standard InChI is InChI=1S/C19H22F2N4OS/c1-11-7-13-18(25-5-4-22-12(10-25)3-6-26-2)23-16-8-14(20)15(21)9-17(16)24-19(13)27-11/h7-9,12,22,24H,3-6,10H2,1-2H3/t12-/m0/s1. The van der Waals surface area contributed by atoms with Crippen LogP contribution in [0.1, 0.15) is 16.9 Å². The molecule has 2 aliphatic rings. The summed E-state index contributed by atoms with van der Waals surface area (Å²) in [6, 6.07) is 4.71. The fraction of sp³-hybridized carbons (Fsp3) is 0.421. The molecule has 144 valence electrons. The van der Waals surface area contributed by atoms with Crippen molar-refractivity contribution in [3.05, 3.63) is 40.3 Å². The number of piperazine rings is 1. The lowest BCUT2D eigenvalue weighted by atomic mass is 10.1. The second-order valence-corrected chi connectivity index (χ2v) is 8.08. The zero-order valence-electron chi connectivity index (χ0n) is 15.3. The van der Waals surface area contributed by atoms with Crippen LogP contribution >= 0.6 is 11.3 Å². The Hall–Kier alpha value is -2.03. The first-order valence-electron chi connectivity index (χ1n) is 8.98. The van der Waals surface area contributed by atoms with Crippen molar-refractivity contribution in [2.45, 2.75) is 19.4 Å². The van der Waals surface area contributed by atoms with E-state index in [1.165, 1.54) is 6.07 Å². The molecular weight excluding hydrogens is 370 g/mol. The third-order valence-corrected chi connectivity index (χ3v) is 5.80. The van der Waals surface area contributed by atoms with E-state index in [1.807, 2.05) is 6.92 Å². The van der Waals surface area contributed by atoms with E-state index in [0.717, 1.165) is 53.4 Å². The van der Waals surface area contributed by atoms with E-state index < -0.39 is 11.6 Å². The van der Waals surface area contributed by atoms with Gasteiger partial charge in [-0.15, -0.1) is 11.3 Å². The predicted molar refractivity (Wildman–Crippen MR) is 105 cm³/mol. The molecular formula is C19H22F2N4OS. The van der Waals surface area contributed by atoms with E-state index >= 15 is 0 Å². The van der Waals surface area contributed by atoms with Crippen LogP contribution in [0.5, 0.6) is 0 Å². The average molecular weight is 392 g/mol. The van der Waals surface area contributed by atoms with Crippen molar-refractivity contribution in [2.24, 2.45) is 4.99 Å². The van der Waals surface area contributed by atoms with Gasteiger partial charge in [0.15, 0.2) is 11.6 Å². The van der Waals surface area contributed by atoms with Crippen molar-refractivity contribution in [1.82, 2.24) is 10.2 Å². The Bertz CT molecular complexity index is 883. The largest absolute Gasteiger partial charge is 0.385 e. The van der Waals surface area contributed by atoms with E-state index in [0.29, 0.717) is 24.0 Å². The molecule has 1 saturated heterocycles. The number of thiophene rings is 1. The average Bonchev–Trinajstić information content (AvgIpc) is 2.95. The molecule has 0 aliphatic carbocycles. The first-order valence-corrected chi connectivity index (χ1v) is 9.79. The third-order valence-electron chi connectivity index (χ3n) is 4.83. The highest BCUT2D eigenvalue weighted by Gasteiger charge is 2.28. The summed E-state index contributed by atoms with van der Waals surface area (Å²) in [4.78, 5) is 8.11. The van der Waals surface area contributed by atoms with Crippen molar-refractivity contribution >= 4 is 33.5 Å². The second-order valence-electron chi connectivity index (χ2n) is 6.82. The molecule has 2 aromatic rings. The van der Waals surface area contributed by atoms with Crippen molar-refractivity contribution in [1.29, 1.82) is 0 Å². The molecule has 1 aromatic heterocycles. The van der Waals surface area contributed by atoms with Crippen LogP contribution in [0.25, 0.3) is 0 Å². The van der Waals surface area contributed by atoms with Crippen LogP contribution in [0.2, 0.25) is 0 Å². The Kier molecular flexibility index (Phi) is 5.12. The summed E-state index contributed by atoms with van der Waals surface area (Å²) in [7, 11) is 1.70. The molecule has 3 heterocycles. The number of hydrogen-bond acceptors (Lipinski definition) is 6. The third kappa shape index (κ3) is 3.69. The number of fused-ring (bicyclic) bond motifs is 2. The summed E-state index contributed by atoms with van der Waals surface area (Å²) in [6.07, 6.45) is 0.907. The van der Waals surface area contributed by atoms with E-state index in [-0.39, 0.29) is 0 Å². The van der Waals surface area contributed by atoms with Gasteiger partial charge in [0.25, 0.3) is 0 Å². The van der Waals surface area contributed by atoms with Gasteiger partial charge >= 0.3 is 0 Å². The number of anilines is 2. The fourth-order valence-electron chi connectivity index (χ4n) is 3.51. The Balaban J connectivity index is 1.74. The van der Waals surface area contributed by atoms with Crippen LogP contribution in [0.3, 0.4) is 0 Å². The molecule has 1 atom stereocenters. The van der Waals surface area contributed by atoms with Crippen LogP contribution in [-0.2, 0) is 4.74 Å². The number of ether oxygens (including phenoxy) is 1. The molecule has 2 aliphatic heterocycles. The molecule has 5 nitrogen and oxygen atoms in total. The number of amidine groups is 1. The minimum atomic E-state index is -0.890. The first kappa shape index (κ1) is 18.3. The monoisotopic (exact) mass is 392 g/mol. The number of hydrogen-bond donors (Lipinski definition) is 2. The van der Waals surface area contributed by atoms with Gasteiger partial charge in [-0.2, -0.15) is 0 Å². The van der Waals surface area contributed by atoms with Crippen molar-refractivity contribution in [3.63, 3.8) is 0 Å². The summed E-state index contributed by atoms with van der Waals surface area (Å²) >= 11 is 1.59. The SMILES string of the molecule is COCC[C@H]1CN(C2=Nc3cc(F)c(F)cc3Nc3sc(C)cc32)CCN1. The van der Waals surface area contributed by atoms with Gasteiger partial charge in [0, 0.05) is 56.4 Å².